The fraction of sp³-hybridized carbons (Fsp3) is 0.0645. The van der Waals surface area contributed by atoms with Gasteiger partial charge in [-0.05, 0) is 23.3 Å². The Morgan fingerprint density at radius 2 is 1.20 bits per heavy atom. The third-order valence-electron chi connectivity index (χ3n) is 6.53. The van der Waals surface area contributed by atoms with Crippen LogP contribution in [0.2, 0.25) is 0 Å². The molecule has 35 heavy (non-hydrogen) atoms. The lowest BCUT2D eigenvalue weighted by Gasteiger charge is -2.20. The summed E-state index contributed by atoms with van der Waals surface area (Å²) in [7, 11) is 1.54. The predicted molar refractivity (Wildman–Crippen MR) is 140 cm³/mol. The Hall–Kier alpha value is -4.57. The molecule has 4 aromatic carbocycles. The summed E-state index contributed by atoms with van der Waals surface area (Å²) in [4.78, 5) is 16.5. The van der Waals surface area contributed by atoms with E-state index in [4.69, 9.17) is 9.15 Å². The monoisotopic (exact) mass is 457 g/mol. The first-order valence-electron chi connectivity index (χ1n) is 11.6. The lowest BCUT2D eigenvalue weighted by molar-refractivity contribution is 0.291. The lowest BCUT2D eigenvalue weighted by Crippen LogP contribution is -2.07. The Bertz CT molecular complexity index is 1660. The van der Waals surface area contributed by atoms with Crippen molar-refractivity contribution in [3.8, 4) is 17.1 Å². The number of hydrogen-bond donors (Lipinski definition) is 1. The number of rotatable bonds is 5. The summed E-state index contributed by atoms with van der Waals surface area (Å²) in [6.07, 6.45) is 0. The van der Waals surface area contributed by atoms with Crippen LogP contribution in [-0.2, 0) is 0 Å². The van der Waals surface area contributed by atoms with E-state index in [0.717, 1.165) is 44.2 Å². The van der Waals surface area contributed by atoms with Crippen LogP contribution in [0.1, 0.15) is 22.7 Å². The highest BCUT2D eigenvalue weighted by Crippen LogP contribution is 2.46. The molecule has 0 atom stereocenters. The molecule has 170 valence electrons. The SMILES string of the molecule is COc1oc(=O)c2ccccc2c1-c1c(C(c2ccccc2)c2ccccc2)[nH]c2ccccc12. The third-order valence-corrected chi connectivity index (χ3v) is 6.53. The molecule has 2 heterocycles. The first-order chi connectivity index (χ1) is 17.3. The molecule has 4 nitrogen and oxygen atoms in total. The Morgan fingerprint density at radius 1 is 0.657 bits per heavy atom. The van der Waals surface area contributed by atoms with Crippen LogP contribution < -0.4 is 10.4 Å². The minimum atomic E-state index is -0.412. The molecule has 6 rings (SSSR count). The molecular weight excluding hydrogens is 434 g/mol. The number of aromatic nitrogens is 1. The van der Waals surface area contributed by atoms with Gasteiger partial charge in [-0.1, -0.05) is 97.1 Å². The molecule has 0 aliphatic rings. The first-order valence-corrected chi connectivity index (χ1v) is 11.6. The normalized spacial score (nSPS) is 11.4. The zero-order valence-electron chi connectivity index (χ0n) is 19.2. The highest BCUT2D eigenvalue weighted by Gasteiger charge is 2.28. The second-order valence-electron chi connectivity index (χ2n) is 8.52. The number of aromatic amines is 1. The highest BCUT2D eigenvalue weighted by atomic mass is 16.6. The van der Waals surface area contributed by atoms with Crippen molar-refractivity contribution in [2.45, 2.75) is 5.92 Å². The average molecular weight is 458 g/mol. The number of fused-ring (bicyclic) bond motifs is 2. The van der Waals surface area contributed by atoms with Gasteiger partial charge in [0.2, 0.25) is 0 Å². The fourth-order valence-electron chi connectivity index (χ4n) is 5.03. The molecule has 0 aliphatic heterocycles. The molecule has 0 amide bonds. The van der Waals surface area contributed by atoms with Gasteiger partial charge in [-0.3, -0.25) is 0 Å². The van der Waals surface area contributed by atoms with E-state index in [1.807, 2.05) is 42.5 Å². The van der Waals surface area contributed by atoms with Gasteiger partial charge in [0.05, 0.1) is 18.1 Å². The molecule has 0 unspecified atom stereocenters. The number of ether oxygens (including phenoxy) is 1. The van der Waals surface area contributed by atoms with E-state index in [0.29, 0.717) is 5.39 Å². The number of benzene rings is 4. The third kappa shape index (κ3) is 3.51. The van der Waals surface area contributed by atoms with Crippen LogP contribution in [0.3, 0.4) is 0 Å². The van der Waals surface area contributed by atoms with E-state index in [1.54, 1.807) is 6.07 Å². The van der Waals surface area contributed by atoms with Crippen molar-refractivity contribution in [1.29, 1.82) is 0 Å². The number of para-hydroxylation sites is 1. The van der Waals surface area contributed by atoms with E-state index in [9.17, 15) is 4.79 Å². The van der Waals surface area contributed by atoms with Crippen molar-refractivity contribution in [2.75, 3.05) is 7.11 Å². The zero-order valence-corrected chi connectivity index (χ0v) is 19.2. The molecule has 2 aromatic heterocycles. The fourth-order valence-corrected chi connectivity index (χ4v) is 5.03. The smallest absolute Gasteiger partial charge is 0.346 e. The number of H-pyrrole nitrogens is 1. The Morgan fingerprint density at radius 3 is 1.83 bits per heavy atom. The van der Waals surface area contributed by atoms with Gasteiger partial charge in [0.15, 0.2) is 0 Å². The Labute approximate surface area is 202 Å². The lowest BCUT2D eigenvalue weighted by atomic mass is 9.84. The van der Waals surface area contributed by atoms with Crippen LogP contribution in [-0.4, -0.2) is 12.1 Å². The molecule has 4 heteroatoms. The molecular formula is C31H23NO3. The van der Waals surface area contributed by atoms with E-state index in [-0.39, 0.29) is 11.9 Å². The number of methoxy groups -OCH3 is 1. The molecule has 0 saturated carbocycles. The van der Waals surface area contributed by atoms with Gasteiger partial charge < -0.3 is 14.1 Å². The van der Waals surface area contributed by atoms with Crippen LogP contribution in [0, 0.1) is 0 Å². The topological polar surface area (TPSA) is 55.2 Å². The quantitative estimate of drug-likeness (QED) is 0.300. The Balaban J connectivity index is 1.77. The van der Waals surface area contributed by atoms with Crippen LogP contribution in [0.15, 0.2) is 118 Å². The van der Waals surface area contributed by atoms with E-state index in [1.165, 1.54) is 7.11 Å². The maximum atomic E-state index is 12.8. The van der Waals surface area contributed by atoms with Crippen LogP contribution in [0.5, 0.6) is 5.95 Å². The summed E-state index contributed by atoms with van der Waals surface area (Å²) in [5.74, 6) is 0.134. The summed E-state index contributed by atoms with van der Waals surface area (Å²) >= 11 is 0. The average Bonchev–Trinajstić information content (AvgIpc) is 3.28. The van der Waals surface area contributed by atoms with E-state index >= 15 is 0 Å². The van der Waals surface area contributed by atoms with Crippen LogP contribution in [0.4, 0.5) is 0 Å². The van der Waals surface area contributed by atoms with Gasteiger partial charge in [0.1, 0.15) is 0 Å². The molecule has 6 aromatic rings. The summed E-state index contributed by atoms with van der Waals surface area (Å²) in [6, 6.07) is 36.6. The number of hydrogen-bond acceptors (Lipinski definition) is 3. The minimum absolute atomic E-state index is 0.0739. The standard InChI is InChI=1S/C31H23NO3/c1-34-31-28(22-16-8-9-17-23(22)30(33)35-31)27-24-18-10-11-19-25(24)32-29(27)26(20-12-4-2-5-13-20)21-14-6-3-7-15-21/h2-19,26,32H,1H3. The van der Waals surface area contributed by atoms with Gasteiger partial charge >= 0.3 is 5.63 Å². The summed E-state index contributed by atoms with van der Waals surface area (Å²) in [5, 5.41) is 2.36. The van der Waals surface area contributed by atoms with Crippen molar-refractivity contribution >= 4 is 21.7 Å². The summed E-state index contributed by atoms with van der Waals surface area (Å²) in [5.41, 5.74) is 5.67. The van der Waals surface area contributed by atoms with Crippen molar-refractivity contribution in [3.05, 3.63) is 136 Å². The van der Waals surface area contributed by atoms with Crippen molar-refractivity contribution in [2.24, 2.45) is 0 Å². The van der Waals surface area contributed by atoms with Gasteiger partial charge in [-0.15, -0.1) is 0 Å². The molecule has 0 fully saturated rings. The molecule has 0 radical (unpaired) electrons. The van der Waals surface area contributed by atoms with Gasteiger partial charge in [-0.25, -0.2) is 4.79 Å². The zero-order chi connectivity index (χ0) is 23.8. The van der Waals surface area contributed by atoms with Gasteiger partial charge in [-0.2, -0.15) is 0 Å². The first kappa shape index (κ1) is 21.0. The number of nitrogens with one attached hydrogen (secondary N) is 1. The molecule has 0 aliphatic carbocycles. The largest absolute Gasteiger partial charge is 0.468 e. The van der Waals surface area contributed by atoms with Crippen molar-refractivity contribution < 1.29 is 9.15 Å². The van der Waals surface area contributed by atoms with Crippen LogP contribution >= 0.6 is 0 Å². The second-order valence-corrected chi connectivity index (χ2v) is 8.52. The second kappa shape index (κ2) is 8.65. The van der Waals surface area contributed by atoms with E-state index in [2.05, 4.69) is 65.6 Å². The van der Waals surface area contributed by atoms with Crippen molar-refractivity contribution in [3.63, 3.8) is 0 Å². The maximum Gasteiger partial charge on any atom is 0.346 e. The van der Waals surface area contributed by atoms with Gasteiger partial charge in [0, 0.05) is 33.5 Å². The molecule has 0 spiro atoms. The summed E-state index contributed by atoms with van der Waals surface area (Å²) < 4.78 is 11.4. The van der Waals surface area contributed by atoms with E-state index < -0.39 is 5.63 Å². The van der Waals surface area contributed by atoms with Crippen LogP contribution in [0.25, 0.3) is 32.8 Å². The van der Waals surface area contributed by atoms with Crippen molar-refractivity contribution in [1.82, 2.24) is 4.98 Å². The molecule has 0 bridgehead atoms. The minimum Gasteiger partial charge on any atom is -0.468 e. The maximum absolute atomic E-state index is 12.8. The molecule has 1 N–H and O–H groups in total. The predicted octanol–water partition coefficient (Wildman–Crippen LogP) is 7.13. The molecule has 0 saturated heterocycles. The highest BCUT2D eigenvalue weighted by molar-refractivity contribution is 6.07. The van der Waals surface area contributed by atoms with Gasteiger partial charge in [0.25, 0.3) is 5.95 Å². The summed E-state index contributed by atoms with van der Waals surface area (Å²) in [6.45, 7) is 0. The Kier molecular flexibility index (Phi) is 5.19.